The number of hydrogen-bond donors (Lipinski definition) is 1. The number of benzene rings is 2. The van der Waals surface area contributed by atoms with Crippen LogP contribution >= 0.6 is 0 Å². The summed E-state index contributed by atoms with van der Waals surface area (Å²) in [7, 11) is 3.22. The summed E-state index contributed by atoms with van der Waals surface area (Å²) in [6.07, 6.45) is 3.83. The van der Waals surface area contributed by atoms with Crippen LogP contribution in [0.25, 0.3) is 5.69 Å². The van der Waals surface area contributed by atoms with E-state index in [0.717, 1.165) is 22.6 Å². The Balaban J connectivity index is 1.67. The Morgan fingerprint density at radius 2 is 1.93 bits per heavy atom. The van der Waals surface area contributed by atoms with Crippen LogP contribution in [0.5, 0.6) is 11.5 Å². The molecule has 27 heavy (non-hydrogen) atoms. The van der Waals surface area contributed by atoms with E-state index in [0.29, 0.717) is 5.75 Å². The first kappa shape index (κ1) is 18.5. The first-order valence-electron chi connectivity index (χ1n) is 8.71. The Morgan fingerprint density at radius 3 is 2.63 bits per heavy atom. The molecule has 6 heteroatoms. The molecule has 0 saturated carbocycles. The van der Waals surface area contributed by atoms with Gasteiger partial charge in [-0.05, 0) is 42.8 Å². The third-order valence-electron chi connectivity index (χ3n) is 4.30. The lowest BCUT2D eigenvalue weighted by atomic mass is 10.1. The minimum atomic E-state index is -0.216. The van der Waals surface area contributed by atoms with Gasteiger partial charge in [0.15, 0.2) is 0 Å². The first-order chi connectivity index (χ1) is 13.1. The van der Waals surface area contributed by atoms with Crippen molar-refractivity contribution in [3.63, 3.8) is 0 Å². The van der Waals surface area contributed by atoms with Gasteiger partial charge in [0.05, 0.1) is 38.6 Å². The van der Waals surface area contributed by atoms with Gasteiger partial charge in [0.1, 0.15) is 11.5 Å². The molecule has 2 aromatic carbocycles. The van der Waals surface area contributed by atoms with Crippen LogP contribution in [0.15, 0.2) is 60.9 Å². The van der Waals surface area contributed by atoms with E-state index in [2.05, 4.69) is 10.4 Å². The minimum absolute atomic E-state index is 0.0833. The zero-order valence-electron chi connectivity index (χ0n) is 15.7. The second-order valence-corrected chi connectivity index (χ2v) is 6.20. The van der Waals surface area contributed by atoms with Gasteiger partial charge < -0.3 is 14.8 Å². The van der Waals surface area contributed by atoms with Crippen LogP contribution in [0, 0.1) is 0 Å². The standard InChI is InChI=1S/C21H23N3O3/c1-15(19-12-18(26-2)9-10-20(19)27-3)23-21(25)11-16-13-22-24(14-16)17-7-5-4-6-8-17/h4-10,12-15H,11H2,1-3H3,(H,23,25). The van der Waals surface area contributed by atoms with Gasteiger partial charge in [0, 0.05) is 11.8 Å². The number of amides is 1. The Morgan fingerprint density at radius 1 is 1.15 bits per heavy atom. The summed E-state index contributed by atoms with van der Waals surface area (Å²) in [5.41, 5.74) is 2.67. The van der Waals surface area contributed by atoms with Crippen molar-refractivity contribution in [3.8, 4) is 17.2 Å². The molecule has 0 saturated heterocycles. The van der Waals surface area contributed by atoms with E-state index >= 15 is 0 Å². The topological polar surface area (TPSA) is 65.4 Å². The summed E-state index contributed by atoms with van der Waals surface area (Å²) in [4.78, 5) is 12.5. The summed E-state index contributed by atoms with van der Waals surface area (Å²) in [5.74, 6) is 1.34. The van der Waals surface area contributed by atoms with Crippen molar-refractivity contribution in [2.75, 3.05) is 14.2 Å². The van der Waals surface area contributed by atoms with Gasteiger partial charge in [0.2, 0.25) is 5.91 Å². The van der Waals surface area contributed by atoms with Crippen LogP contribution in [0.3, 0.4) is 0 Å². The van der Waals surface area contributed by atoms with Crippen LogP contribution in [0.4, 0.5) is 0 Å². The summed E-state index contributed by atoms with van der Waals surface area (Å²) in [6, 6.07) is 15.1. The maximum Gasteiger partial charge on any atom is 0.225 e. The van der Waals surface area contributed by atoms with E-state index in [1.807, 2.05) is 61.7 Å². The second kappa shape index (κ2) is 8.40. The lowest BCUT2D eigenvalue weighted by molar-refractivity contribution is -0.121. The molecule has 6 nitrogen and oxygen atoms in total. The van der Waals surface area contributed by atoms with Crippen LogP contribution in [-0.2, 0) is 11.2 Å². The van der Waals surface area contributed by atoms with Crippen molar-refractivity contribution < 1.29 is 14.3 Å². The molecule has 0 spiro atoms. The zero-order valence-corrected chi connectivity index (χ0v) is 15.7. The average molecular weight is 365 g/mol. The van der Waals surface area contributed by atoms with E-state index in [-0.39, 0.29) is 18.4 Å². The van der Waals surface area contributed by atoms with Crippen molar-refractivity contribution >= 4 is 5.91 Å². The number of carbonyl (C=O) groups excluding carboxylic acids is 1. The number of carbonyl (C=O) groups is 1. The fraction of sp³-hybridized carbons (Fsp3) is 0.238. The van der Waals surface area contributed by atoms with Gasteiger partial charge in [-0.25, -0.2) is 4.68 Å². The van der Waals surface area contributed by atoms with E-state index in [4.69, 9.17) is 9.47 Å². The van der Waals surface area contributed by atoms with Crippen LogP contribution < -0.4 is 14.8 Å². The molecular formula is C21H23N3O3. The second-order valence-electron chi connectivity index (χ2n) is 6.20. The monoisotopic (exact) mass is 365 g/mol. The Bertz CT molecular complexity index is 906. The van der Waals surface area contributed by atoms with Crippen molar-refractivity contribution in [2.45, 2.75) is 19.4 Å². The molecule has 3 rings (SSSR count). The third kappa shape index (κ3) is 4.47. The molecule has 140 valence electrons. The molecule has 0 bridgehead atoms. The fourth-order valence-corrected chi connectivity index (χ4v) is 2.91. The predicted molar refractivity (Wildman–Crippen MR) is 103 cm³/mol. The quantitative estimate of drug-likeness (QED) is 0.698. The van der Waals surface area contributed by atoms with Gasteiger partial charge in [-0.2, -0.15) is 5.10 Å². The van der Waals surface area contributed by atoms with Gasteiger partial charge in [-0.15, -0.1) is 0 Å². The average Bonchev–Trinajstić information content (AvgIpc) is 3.16. The molecule has 0 aliphatic heterocycles. The molecule has 1 unspecified atom stereocenters. The molecule has 1 aromatic heterocycles. The minimum Gasteiger partial charge on any atom is -0.497 e. The maximum absolute atomic E-state index is 12.5. The first-order valence-corrected chi connectivity index (χ1v) is 8.71. The van der Waals surface area contributed by atoms with E-state index < -0.39 is 0 Å². The van der Waals surface area contributed by atoms with E-state index in [9.17, 15) is 4.79 Å². The van der Waals surface area contributed by atoms with Gasteiger partial charge in [-0.3, -0.25) is 4.79 Å². The molecule has 0 radical (unpaired) electrons. The van der Waals surface area contributed by atoms with Gasteiger partial charge in [-0.1, -0.05) is 18.2 Å². The Labute approximate surface area is 158 Å². The molecule has 0 aliphatic rings. The van der Waals surface area contributed by atoms with Gasteiger partial charge in [0.25, 0.3) is 0 Å². The van der Waals surface area contributed by atoms with Crippen molar-refractivity contribution in [1.82, 2.24) is 15.1 Å². The van der Waals surface area contributed by atoms with Crippen LogP contribution in [0.1, 0.15) is 24.1 Å². The smallest absolute Gasteiger partial charge is 0.225 e. The molecule has 1 atom stereocenters. The summed E-state index contributed by atoms with van der Waals surface area (Å²) in [6.45, 7) is 1.92. The number of methoxy groups -OCH3 is 2. The lowest BCUT2D eigenvalue weighted by Crippen LogP contribution is -2.28. The predicted octanol–water partition coefficient (Wildman–Crippen LogP) is 3.31. The molecule has 3 aromatic rings. The molecule has 0 aliphatic carbocycles. The number of nitrogens with zero attached hydrogens (tertiary/aromatic N) is 2. The SMILES string of the molecule is COc1ccc(OC)c(C(C)NC(=O)Cc2cnn(-c3ccccc3)c2)c1. The summed E-state index contributed by atoms with van der Waals surface area (Å²) in [5, 5.41) is 7.34. The number of rotatable bonds is 7. The van der Waals surface area contributed by atoms with Crippen molar-refractivity contribution in [3.05, 3.63) is 72.1 Å². The molecule has 1 heterocycles. The highest BCUT2D eigenvalue weighted by Gasteiger charge is 2.16. The number of aromatic nitrogens is 2. The molecule has 1 amide bonds. The Kier molecular flexibility index (Phi) is 5.76. The maximum atomic E-state index is 12.5. The van der Waals surface area contributed by atoms with Crippen molar-refractivity contribution in [2.24, 2.45) is 0 Å². The summed E-state index contributed by atoms with van der Waals surface area (Å²) >= 11 is 0. The normalized spacial score (nSPS) is 11.7. The summed E-state index contributed by atoms with van der Waals surface area (Å²) < 4.78 is 12.4. The fourth-order valence-electron chi connectivity index (χ4n) is 2.91. The van der Waals surface area contributed by atoms with E-state index in [1.165, 1.54) is 0 Å². The zero-order chi connectivity index (χ0) is 19.2. The number of nitrogens with one attached hydrogen (secondary N) is 1. The molecule has 1 N–H and O–H groups in total. The van der Waals surface area contributed by atoms with Crippen molar-refractivity contribution in [1.29, 1.82) is 0 Å². The number of hydrogen-bond acceptors (Lipinski definition) is 4. The van der Waals surface area contributed by atoms with Crippen LogP contribution in [0.2, 0.25) is 0 Å². The number of ether oxygens (including phenoxy) is 2. The highest BCUT2D eigenvalue weighted by molar-refractivity contribution is 5.79. The lowest BCUT2D eigenvalue weighted by Gasteiger charge is -2.18. The largest absolute Gasteiger partial charge is 0.497 e. The van der Waals surface area contributed by atoms with Crippen LogP contribution in [-0.4, -0.2) is 29.9 Å². The Hall–Kier alpha value is -3.28. The van der Waals surface area contributed by atoms with E-state index in [1.54, 1.807) is 25.1 Å². The third-order valence-corrected chi connectivity index (χ3v) is 4.30. The molecular weight excluding hydrogens is 342 g/mol. The highest BCUT2D eigenvalue weighted by atomic mass is 16.5. The van der Waals surface area contributed by atoms with Gasteiger partial charge >= 0.3 is 0 Å². The number of para-hydroxylation sites is 1. The molecule has 0 fully saturated rings. The highest BCUT2D eigenvalue weighted by Crippen LogP contribution is 2.29.